The molecule has 0 unspecified atom stereocenters. The van der Waals surface area contributed by atoms with Gasteiger partial charge in [-0.2, -0.15) is 0 Å². The van der Waals surface area contributed by atoms with Crippen molar-refractivity contribution in [3.8, 4) is 0 Å². The molecule has 0 radical (unpaired) electrons. The molecule has 3 rings (SSSR count). The summed E-state index contributed by atoms with van der Waals surface area (Å²) >= 11 is 0. The molecule has 25 heavy (non-hydrogen) atoms. The number of primary amides is 1. The number of rotatable bonds is 3. The summed E-state index contributed by atoms with van der Waals surface area (Å²) in [5, 5.41) is 3.98. The van der Waals surface area contributed by atoms with E-state index in [0.717, 1.165) is 17.3 Å². The summed E-state index contributed by atoms with van der Waals surface area (Å²) in [4.78, 5) is 28.4. The molecule has 0 aliphatic carbocycles. The van der Waals surface area contributed by atoms with Crippen LogP contribution in [-0.4, -0.2) is 41.5 Å². The number of H-pyrrole nitrogens is 1. The maximum atomic E-state index is 12.4. The topological polar surface area (TPSA) is 91.2 Å². The van der Waals surface area contributed by atoms with E-state index in [1.54, 1.807) is 4.90 Å². The monoisotopic (exact) mass is 342 g/mol. The number of carbonyl (C=O) groups is 2. The Hall–Kier alpha value is -2.50. The van der Waals surface area contributed by atoms with Gasteiger partial charge in [0.15, 0.2) is 0 Å². The van der Waals surface area contributed by atoms with E-state index in [4.69, 9.17) is 5.73 Å². The zero-order chi connectivity index (χ0) is 18.2. The van der Waals surface area contributed by atoms with E-state index in [9.17, 15) is 9.59 Å². The molecule has 0 spiro atoms. The summed E-state index contributed by atoms with van der Waals surface area (Å²) in [6, 6.07) is 7.74. The van der Waals surface area contributed by atoms with Crippen molar-refractivity contribution >= 4 is 22.8 Å². The SMILES string of the molecule is CC(C)(C)c1ccc2cc(C(=O)NC[C@@H]3CCN(C(N)=O)C3)[nH]c2c1. The van der Waals surface area contributed by atoms with Gasteiger partial charge in [-0.05, 0) is 35.4 Å². The molecule has 3 amide bonds. The van der Waals surface area contributed by atoms with E-state index in [1.807, 2.05) is 12.1 Å². The van der Waals surface area contributed by atoms with E-state index in [1.165, 1.54) is 5.56 Å². The zero-order valence-corrected chi connectivity index (χ0v) is 15.1. The van der Waals surface area contributed by atoms with Crippen LogP contribution in [0.5, 0.6) is 0 Å². The van der Waals surface area contributed by atoms with E-state index in [0.29, 0.717) is 25.3 Å². The molecule has 6 heteroatoms. The van der Waals surface area contributed by atoms with Crippen LogP contribution in [0.25, 0.3) is 10.9 Å². The van der Waals surface area contributed by atoms with Crippen molar-refractivity contribution < 1.29 is 9.59 Å². The number of hydrogen-bond donors (Lipinski definition) is 3. The highest BCUT2D eigenvalue weighted by atomic mass is 16.2. The smallest absolute Gasteiger partial charge is 0.314 e. The van der Waals surface area contributed by atoms with Crippen LogP contribution in [0.3, 0.4) is 0 Å². The Bertz CT molecular complexity index is 803. The third-order valence-corrected chi connectivity index (χ3v) is 4.88. The average molecular weight is 342 g/mol. The summed E-state index contributed by atoms with van der Waals surface area (Å²) in [5.41, 5.74) is 8.11. The fraction of sp³-hybridized carbons (Fsp3) is 0.474. The highest BCUT2D eigenvalue weighted by Crippen LogP contribution is 2.26. The lowest BCUT2D eigenvalue weighted by atomic mass is 9.87. The maximum absolute atomic E-state index is 12.4. The number of urea groups is 1. The number of hydrogen-bond acceptors (Lipinski definition) is 2. The molecule has 134 valence electrons. The van der Waals surface area contributed by atoms with Crippen molar-refractivity contribution in [3.63, 3.8) is 0 Å². The van der Waals surface area contributed by atoms with Crippen LogP contribution in [0, 0.1) is 5.92 Å². The van der Waals surface area contributed by atoms with Crippen LogP contribution < -0.4 is 11.1 Å². The van der Waals surface area contributed by atoms with Gasteiger partial charge in [0.25, 0.3) is 5.91 Å². The molecule has 1 aromatic carbocycles. The van der Waals surface area contributed by atoms with Gasteiger partial charge in [-0.3, -0.25) is 4.79 Å². The summed E-state index contributed by atoms with van der Waals surface area (Å²) in [5.74, 6) is 0.138. The van der Waals surface area contributed by atoms with Crippen LogP contribution in [0.4, 0.5) is 4.79 Å². The van der Waals surface area contributed by atoms with Crippen LogP contribution in [0.15, 0.2) is 24.3 Å². The number of nitrogens with zero attached hydrogens (tertiary/aromatic N) is 1. The van der Waals surface area contributed by atoms with Crippen molar-refractivity contribution in [2.75, 3.05) is 19.6 Å². The Balaban J connectivity index is 1.65. The van der Waals surface area contributed by atoms with Crippen LogP contribution in [-0.2, 0) is 5.41 Å². The van der Waals surface area contributed by atoms with Crippen LogP contribution in [0.1, 0.15) is 43.2 Å². The lowest BCUT2D eigenvalue weighted by molar-refractivity contribution is 0.0943. The first-order valence-corrected chi connectivity index (χ1v) is 8.70. The minimum absolute atomic E-state index is 0.0660. The van der Waals surface area contributed by atoms with E-state index < -0.39 is 0 Å². The fourth-order valence-electron chi connectivity index (χ4n) is 3.25. The zero-order valence-electron chi connectivity index (χ0n) is 15.1. The van der Waals surface area contributed by atoms with E-state index >= 15 is 0 Å². The molecule has 4 N–H and O–H groups in total. The molecule has 2 aromatic rings. The van der Waals surface area contributed by atoms with E-state index in [-0.39, 0.29) is 23.3 Å². The van der Waals surface area contributed by atoms with Gasteiger partial charge in [0.1, 0.15) is 5.69 Å². The number of nitrogens with two attached hydrogens (primary N) is 1. The quantitative estimate of drug-likeness (QED) is 0.800. The van der Waals surface area contributed by atoms with Crippen molar-refractivity contribution in [2.24, 2.45) is 11.7 Å². The first-order valence-electron chi connectivity index (χ1n) is 8.70. The fourth-order valence-corrected chi connectivity index (χ4v) is 3.25. The molecule has 1 aliphatic rings. The molecule has 6 nitrogen and oxygen atoms in total. The summed E-state index contributed by atoms with van der Waals surface area (Å²) in [6.45, 7) is 8.32. The maximum Gasteiger partial charge on any atom is 0.314 e. The normalized spacial score (nSPS) is 17.9. The Morgan fingerprint density at radius 2 is 2.08 bits per heavy atom. The molecule has 0 saturated carbocycles. The number of benzene rings is 1. The van der Waals surface area contributed by atoms with E-state index in [2.05, 4.69) is 43.2 Å². The van der Waals surface area contributed by atoms with Gasteiger partial charge in [0.05, 0.1) is 0 Å². The number of carbonyl (C=O) groups excluding carboxylic acids is 2. The second-order valence-corrected chi connectivity index (χ2v) is 7.88. The van der Waals surface area contributed by atoms with Gasteiger partial charge in [0.2, 0.25) is 0 Å². The highest BCUT2D eigenvalue weighted by Gasteiger charge is 2.25. The van der Waals surface area contributed by atoms with Gasteiger partial charge < -0.3 is 20.9 Å². The largest absolute Gasteiger partial charge is 0.351 e. The Kier molecular flexibility index (Phi) is 4.45. The molecule has 2 heterocycles. The second-order valence-electron chi connectivity index (χ2n) is 7.88. The Labute approximate surface area is 147 Å². The molecular weight excluding hydrogens is 316 g/mol. The minimum atomic E-state index is -0.390. The first kappa shape index (κ1) is 17.3. The van der Waals surface area contributed by atoms with Gasteiger partial charge >= 0.3 is 6.03 Å². The van der Waals surface area contributed by atoms with Gasteiger partial charge in [-0.15, -0.1) is 0 Å². The van der Waals surface area contributed by atoms with Gasteiger partial charge in [-0.25, -0.2) is 4.79 Å². The third-order valence-electron chi connectivity index (χ3n) is 4.88. The molecule has 1 atom stereocenters. The minimum Gasteiger partial charge on any atom is -0.351 e. The highest BCUT2D eigenvalue weighted by molar-refractivity contribution is 5.98. The lowest BCUT2D eigenvalue weighted by Crippen LogP contribution is -2.35. The van der Waals surface area contributed by atoms with Crippen molar-refractivity contribution in [1.29, 1.82) is 0 Å². The van der Waals surface area contributed by atoms with Crippen LogP contribution >= 0.6 is 0 Å². The summed E-state index contributed by atoms with van der Waals surface area (Å²) in [6.07, 6.45) is 0.866. The first-order chi connectivity index (χ1) is 11.7. The number of fused-ring (bicyclic) bond motifs is 1. The lowest BCUT2D eigenvalue weighted by Gasteiger charge is -2.18. The second kappa shape index (κ2) is 6.43. The number of amides is 3. The number of aromatic nitrogens is 1. The number of likely N-dealkylation sites (tertiary alicyclic amines) is 1. The molecule has 1 fully saturated rings. The van der Waals surface area contributed by atoms with Crippen molar-refractivity contribution in [2.45, 2.75) is 32.6 Å². The standard InChI is InChI=1S/C19H26N4O2/c1-19(2,3)14-5-4-13-8-16(22-15(13)9-14)17(24)21-10-12-6-7-23(11-12)18(20)25/h4-5,8-9,12,22H,6-7,10-11H2,1-3H3,(H2,20,25)(H,21,24)/t12-/m0/s1. The number of nitrogens with one attached hydrogen (secondary N) is 2. The average Bonchev–Trinajstić information content (AvgIpc) is 3.17. The number of aromatic amines is 1. The molecule has 1 saturated heterocycles. The Morgan fingerprint density at radius 3 is 2.72 bits per heavy atom. The Morgan fingerprint density at radius 1 is 1.32 bits per heavy atom. The molecule has 0 bridgehead atoms. The predicted octanol–water partition coefficient (Wildman–Crippen LogP) is 2.60. The molecule has 1 aliphatic heterocycles. The van der Waals surface area contributed by atoms with Gasteiger partial charge in [0, 0.05) is 30.5 Å². The predicted molar refractivity (Wildman–Crippen MR) is 98.6 cm³/mol. The summed E-state index contributed by atoms with van der Waals surface area (Å²) in [7, 11) is 0. The van der Waals surface area contributed by atoms with Crippen LogP contribution in [0.2, 0.25) is 0 Å². The summed E-state index contributed by atoms with van der Waals surface area (Å²) < 4.78 is 0. The van der Waals surface area contributed by atoms with Gasteiger partial charge in [-0.1, -0.05) is 32.9 Å². The van der Waals surface area contributed by atoms with Crippen molar-refractivity contribution in [1.82, 2.24) is 15.2 Å². The van der Waals surface area contributed by atoms with Crippen molar-refractivity contribution in [3.05, 3.63) is 35.5 Å². The molecule has 1 aromatic heterocycles. The molecular formula is C19H26N4O2. The third kappa shape index (κ3) is 3.78.